The molecule has 1 aliphatic heterocycles. The van der Waals surface area contributed by atoms with Crippen LogP contribution in [0.5, 0.6) is 0 Å². The third-order valence-corrected chi connectivity index (χ3v) is 4.59. The molecule has 6 heteroatoms. The van der Waals surface area contributed by atoms with E-state index in [1.165, 1.54) is 0 Å². The van der Waals surface area contributed by atoms with Crippen LogP contribution in [0.1, 0.15) is 30.3 Å². The third-order valence-electron chi connectivity index (χ3n) is 3.30. The van der Waals surface area contributed by atoms with Crippen LogP contribution in [-0.4, -0.2) is 42.8 Å². The Kier molecular flexibility index (Phi) is 3.42. The summed E-state index contributed by atoms with van der Waals surface area (Å²) in [5.74, 6) is 1.01. The van der Waals surface area contributed by atoms with E-state index in [1.807, 2.05) is 27.3 Å². The molecule has 1 unspecified atom stereocenters. The maximum Gasteiger partial charge on any atom is 0.277 e. The van der Waals surface area contributed by atoms with E-state index in [2.05, 4.69) is 16.9 Å². The minimum atomic E-state index is 0.000231. The molecule has 1 atom stereocenters. The predicted molar refractivity (Wildman–Crippen MR) is 75.2 cm³/mol. The van der Waals surface area contributed by atoms with Gasteiger partial charge in [-0.05, 0) is 6.42 Å². The summed E-state index contributed by atoms with van der Waals surface area (Å²) in [6.07, 6.45) is 9.10. The van der Waals surface area contributed by atoms with Gasteiger partial charge in [-0.3, -0.25) is 4.79 Å². The van der Waals surface area contributed by atoms with Gasteiger partial charge in [0.2, 0.25) is 0 Å². The standard InChI is InChI=1S/C13H16N4OS/c1-2-3-10-17(8-9-19-10)13(18)11-12-15-5-7-16(12)6-4-14-11/h4-7,10H,2-3,8-9H2,1H3. The molecule has 19 heavy (non-hydrogen) atoms. The second kappa shape index (κ2) is 5.21. The van der Waals surface area contributed by atoms with Gasteiger partial charge in [-0.25, -0.2) is 9.97 Å². The van der Waals surface area contributed by atoms with Gasteiger partial charge in [0.1, 0.15) is 0 Å². The fourth-order valence-corrected chi connectivity index (χ4v) is 3.74. The highest BCUT2D eigenvalue weighted by molar-refractivity contribution is 8.00. The van der Waals surface area contributed by atoms with Crippen molar-refractivity contribution in [2.75, 3.05) is 12.3 Å². The average Bonchev–Trinajstić information content (AvgIpc) is 3.06. The summed E-state index contributed by atoms with van der Waals surface area (Å²) < 4.78 is 1.83. The number of rotatable bonds is 3. The van der Waals surface area contributed by atoms with Crippen LogP contribution >= 0.6 is 11.8 Å². The lowest BCUT2D eigenvalue weighted by molar-refractivity contribution is 0.0752. The summed E-state index contributed by atoms with van der Waals surface area (Å²) in [6, 6.07) is 0. The number of amides is 1. The number of carbonyl (C=O) groups excluding carboxylic acids is 1. The quantitative estimate of drug-likeness (QED) is 0.861. The topological polar surface area (TPSA) is 50.5 Å². The molecule has 0 bridgehead atoms. The van der Waals surface area contributed by atoms with Crippen molar-refractivity contribution in [3.8, 4) is 0 Å². The monoisotopic (exact) mass is 276 g/mol. The van der Waals surface area contributed by atoms with E-state index in [1.54, 1.807) is 18.6 Å². The van der Waals surface area contributed by atoms with Crippen LogP contribution in [0.25, 0.3) is 5.65 Å². The number of hydrogen-bond donors (Lipinski definition) is 0. The van der Waals surface area contributed by atoms with E-state index < -0.39 is 0 Å². The smallest absolute Gasteiger partial charge is 0.277 e. The number of imidazole rings is 1. The largest absolute Gasteiger partial charge is 0.324 e. The van der Waals surface area contributed by atoms with Crippen LogP contribution in [0.4, 0.5) is 0 Å². The summed E-state index contributed by atoms with van der Waals surface area (Å²) in [5.41, 5.74) is 1.09. The van der Waals surface area contributed by atoms with Crippen molar-refractivity contribution in [2.24, 2.45) is 0 Å². The molecule has 1 amide bonds. The highest BCUT2D eigenvalue weighted by Gasteiger charge is 2.31. The molecular weight excluding hydrogens is 260 g/mol. The molecule has 0 aliphatic carbocycles. The highest BCUT2D eigenvalue weighted by Crippen LogP contribution is 2.28. The van der Waals surface area contributed by atoms with Gasteiger partial charge in [0.05, 0.1) is 5.37 Å². The fourth-order valence-electron chi connectivity index (χ4n) is 2.38. The first kappa shape index (κ1) is 12.5. The van der Waals surface area contributed by atoms with Gasteiger partial charge in [0.25, 0.3) is 5.91 Å². The van der Waals surface area contributed by atoms with Gasteiger partial charge >= 0.3 is 0 Å². The van der Waals surface area contributed by atoms with Crippen molar-refractivity contribution >= 4 is 23.3 Å². The molecule has 1 saturated heterocycles. The Labute approximate surface area is 116 Å². The Balaban J connectivity index is 1.93. The molecule has 2 aromatic heterocycles. The van der Waals surface area contributed by atoms with E-state index in [4.69, 9.17) is 0 Å². The molecule has 2 aromatic rings. The lowest BCUT2D eigenvalue weighted by Gasteiger charge is -2.23. The van der Waals surface area contributed by atoms with E-state index in [9.17, 15) is 4.79 Å². The minimum Gasteiger partial charge on any atom is -0.324 e. The Bertz CT molecular complexity index is 597. The van der Waals surface area contributed by atoms with Crippen LogP contribution in [0, 0.1) is 0 Å². The maximum atomic E-state index is 12.6. The second-order valence-electron chi connectivity index (χ2n) is 4.55. The zero-order valence-electron chi connectivity index (χ0n) is 10.8. The Morgan fingerprint density at radius 2 is 2.21 bits per heavy atom. The lowest BCUT2D eigenvalue weighted by Crippen LogP contribution is -2.35. The van der Waals surface area contributed by atoms with Gasteiger partial charge in [-0.2, -0.15) is 0 Å². The number of carbonyl (C=O) groups is 1. The van der Waals surface area contributed by atoms with Gasteiger partial charge in [0, 0.05) is 37.1 Å². The van der Waals surface area contributed by atoms with E-state index >= 15 is 0 Å². The van der Waals surface area contributed by atoms with Crippen LogP contribution in [0.2, 0.25) is 0 Å². The normalized spacial score (nSPS) is 19.2. The van der Waals surface area contributed by atoms with E-state index in [0.717, 1.165) is 25.1 Å². The molecule has 5 nitrogen and oxygen atoms in total. The van der Waals surface area contributed by atoms with Crippen LogP contribution in [0.3, 0.4) is 0 Å². The number of nitrogens with zero attached hydrogens (tertiary/aromatic N) is 4. The summed E-state index contributed by atoms with van der Waals surface area (Å²) in [4.78, 5) is 23.0. The minimum absolute atomic E-state index is 0.000231. The van der Waals surface area contributed by atoms with Crippen molar-refractivity contribution in [2.45, 2.75) is 25.1 Å². The lowest BCUT2D eigenvalue weighted by atomic mass is 10.3. The van der Waals surface area contributed by atoms with Crippen LogP contribution < -0.4 is 0 Å². The van der Waals surface area contributed by atoms with E-state index in [-0.39, 0.29) is 11.3 Å². The fraction of sp³-hybridized carbons (Fsp3) is 0.462. The highest BCUT2D eigenvalue weighted by atomic mass is 32.2. The van der Waals surface area contributed by atoms with Gasteiger partial charge in [-0.15, -0.1) is 11.8 Å². The molecule has 3 heterocycles. The number of thioether (sulfide) groups is 1. The zero-order valence-corrected chi connectivity index (χ0v) is 11.6. The van der Waals surface area contributed by atoms with Crippen molar-refractivity contribution in [1.29, 1.82) is 0 Å². The average molecular weight is 276 g/mol. The van der Waals surface area contributed by atoms with Gasteiger partial charge in [0.15, 0.2) is 11.3 Å². The first-order valence-electron chi connectivity index (χ1n) is 6.51. The molecule has 1 aliphatic rings. The third kappa shape index (κ3) is 2.20. The zero-order chi connectivity index (χ0) is 13.2. The Morgan fingerprint density at radius 3 is 3.00 bits per heavy atom. The molecule has 1 fully saturated rings. The first-order chi connectivity index (χ1) is 9.31. The Morgan fingerprint density at radius 1 is 1.42 bits per heavy atom. The second-order valence-corrected chi connectivity index (χ2v) is 5.83. The van der Waals surface area contributed by atoms with Crippen LogP contribution in [0.15, 0.2) is 24.8 Å². The molecule has 100 valence electrons. The van der Waals surface area contributed by atoms with Gasteiger partial charge in [-0.1, -0.05) is 13.3 Å². The molecular formula is C13H16N4OS. The molecule has 0 N–H and O–H groups in total. The van der Waals surface area contributed by atoms with Crippen LogP contribution in [-0.2, 0) is 0 Å². The Hall–Kier alpha value is -1.56. The number of hydrogen-bond acceptors (Lipinski definition) is 4. The summed E-state index contributed by atoms with van der Waals surface area (Å²) >= 11 is 1.86. The van der Waals surface area contributed by atoms with Crippen molar-refractivity contribution < 1.29 is 4.79 Å². The van der Waals surface area contributed by atoms with Crippen molar-refractivity contribution in [3.05, 3.63) is 30.5 Å². The SMILES string of the molecule is CCCC1SCCN1C(=O)c1nccn2ccnc12. The molecule has 0 saturated carbocycles. The molecule has 0 aromatic carbocycles. The molecule has 0 radical (unpaired) electrons. The van der Waals surface area contributed by atoms with Crippen molar-refractivity contribution in [1.82, 2.24) is 19.3 Å². The number of aromatic nitrogens is 3. The summed E-state index contributed by atoms with van der Waals surface area (Å²) in [7, 11) is 0. The maximum absolute atomic E-state index is 12.6. The predicted octanol–water partition coefficient (Wildman–Crippen LogP) is 2.04. The number of fused-ring (bicyclic) bond motifs is 1. The van der Waals surface area contributed by atoms with E-state index in [0.29, 0.717) is 11.3 Å². The molecule has 3 rings (SSSR count). The first-order valence-corrected chi connectivity index (χ1v) is 7.56. The van der Waals surface area contributed by atoms with Gasteiger partial charge < -0.3 is 9.30 Å². The van der Waals surface area contributed by atoms with Crippen molar-refractivity contribution in [3.63, 3.8) is 0 Å². The summed E-state index contributed by atoms with van der Waals surface area (Å²) in [6.45, 7) is 2.95. The summed E-state index contributed by atoms with van der Waals surface area (Å²) in [5, 5.41) is 0.287. The molecule has 0 spiro atoms.